The topological polar surface area (TPSA) is 78.9 Å². The molecule has 0 saturated heterocycles. The van der Waals surface area contributed by atoms with Crippen LogP contribution in [0, 0.1) is 0 Å². The van der Waals surface area contributed by atoms with Crippen LogP contribution in [0.5, 0.6) is 0 Å². The smallest absolute Gasteiger partial charge is 0.306 e. The summed E-state index contributed by atoms with van der Waals surface area (Å²) in [6.45, 7) is 6.54. The lowest BCUT2D eigenvalue weighted by atomic mass is 10.0. The zero-order valence-corrected chi connectivity index (χ0v) is 50.1. The molecule has 436 valence electrons. The van der Waals surface area contributed by atoms with Gasteiger partial charge in [-0.1, -0.05) is 300 Å². The Kier molecular flexibility index (Phi) is 61.2. The summed E-state index contributed by atoms with van der Waals surface area (Å²) < 4.78 is 16.9. The van der Waals surface area contributed by atoms with E-state index in [1.54, 1.807) is 0 Å². The summed E-state index contributed by atoms with van der Waals surface area (Å²) in [6, 6.07) is 0. The summed E-state index contributed by atoms with van der Waals surface area (Å²) in [5.41, 5.74) is 0. The molecule has 75 heavy (non-hydrogen) atoms. The van der Waals surface area contributed by atoms with Crippen molar-refractivity contribution in [2.24, 2.45) is 0 Å². The fourth-order valence-electron chi connectivity index (χ4n) is 9.61. The molecule has 0 saturated carbocycles. The third kappa shape index (κ3) is 61.8. The third-order valence-corrected chi connectivity index (χ3v) is 14.5. The second-order valence-electron chi connectivity index (χ2n) is 22.0. The highest BCUT2D eigenvalue weighted by molar-refractivity contribution is 5.71. The van der Waals surface area contributed by atoms with Gasteiger partial charge in [-0.2, -0.15) is 0 Å². The number of unbranched alkanes of at least 4 members (excludes halogenated alkanes) is 39. The second-order valence-corrected chi connectivity index (χ2v) is 22.0. The molecule has 0 aliphatic carbocycles. The lowest BCUT2D eigenvalue weighted by Crippen LogP contribution is -2.30. The first-order valence-electron chi connectivity index (χ1n) is 32.8. The number of esters is 3. The van der Waals surface area contributed by atoms with E-state index in [0.29, 0.717) is 19.3 Å². The SMILES string of the molecule is CC/C=C\C/C=C\C/C=C\C/C=C\CCCCCCCCCCCCCCCCCCCCCCC(=O)OCC(COC(=O)CCCCCCCCCCCCC)OC(=O)CCCCCCC/C=C\CCCCCC. The van der Waals surface area contributed by atoms with Gasteiger partial charge >= 0.3 is 17.9 Å². The zero-order valence-electron chi connectivity index (χ0n) is 50.1. The number of hydrogen-bond donors (Lipinski definition) is 0. The number of hydrogen-bond acceptors (Lipinski definition) is 6. The molecule has 0 bridgehead atoms. The van der Waals surface area contributed by atoms with Gasteiger partial charge in [0.1, 0.15) is 13.2 Å². The molecule has 0 aliphatic rings. The van der Waals surface area contributed by atoms with E-state index in [0.717, 1.165) is 89.9 Å². The van der Waals surface area contributed by atoms with E-state index in [-0.39, 0.29) is 31.1 Å². The van der Waals surface area contributed by atoms with Gasteiger partial charge in [-0.15, -0.1) is 0 Å². The fraction of sp³-hybridized carbons (Fsp3) is 0.812. The van der Waals surface area contributed by atoms with E-state index in [1.165, 1.54) is 212 Å². The molecule has 1 unspecified atom stereocenters. The van der Waals surface area contributed by atoms with Gasteiger partial charge in [0.05, 0.1) is 0 Å². The molecular formula is C69H124O6. The van der Waals surface area contributed by atoms with Crippen molar-refractivity contribution in [2.75, 3.05) is 13.2 Å². The van der Waals surface area contributed by atoms with Gasteiger partial charge in [-0.25, -0.2) is 0 Å². The quantitative estimate of drug-likeness (QED) is 0.0261. The standard InChI is InChI=1S/C69H124O6/c1-4-7-10-13-16-19-22-24-25-26-27-28-29-30-31-32-33-34-35-36-37-38-39-40-41-42-43-45-47-50-53-56-59-62-68(71)74-65-66(64-73-67(70)61-58-55-52-49-46-21-18-15-12-9-6-3)75-69(72)63-60-57-54-51-48-44-23-20-17-14-11-8-5-2/h7,10,16,19-20,23-25,27-28,66H,4-6,8-9,11-15,17-18,21-22,26,29-65H2,1-3H3/b10-7-,19-16-,23-20-,25-24-,28-27-. The molecule has 0 heterocycles. The molecule has 0 spiro atoms. The van der Waals surface area contributed by atoms with Gasteiger partial charge in [0.25, 0.3) is 0 Å². The molecule has 0 rings (SSSR count). The highest BCUT2D eigenvalue weighted by Gasteiger charge is 2.19. The Morgan fingerprint density at radius 2 is 0.520 bits per heavy atom. The van der Waals surface area contributed by atoms with Crippen LogP contribution in [0.15, 0.2) is 60.8 Å². The molecule has 0 aromatic heterocycles. The van der Waals surface area contributed by atoms with Crippen LogP contribution in [0.2, 0.25) is 0 Å². The van der Waals surface area contributed by atoms with Gasteiger partial charge in [0.15, 0.2) is 6.10 Å². The Morgan fingerprint density at radius 1 is 0.280 bits per heavy atom. The average molecular weight is 1050 g/mol. The summed E-state index contributed by atoms with van der Waals surface area (Å²) in [5, 5.41) is 0. The molecule has 0 N–H and O–H groups in total. The third-order valence-electron chi connectivity index (χ3n) is 14.5. The molecule has 6 heteroatoms. The second kappa shape index (κ2) is 63.6. The predicted octanol–water partition coefficient (Wildman–Crippen LogP) is 22.3. The van der Waals surface area contributed by atoms with E-state index >= 15 is 0 Å². The molecule has 0 radical (unpaired) electrons. The van der Waals surface area contributed by atoms with Crippen LogP contribution in [0.25, 0.3) is 0 Å². The van der Waals surface area contributed by atoms with Crippen molar-refractivity contribution >= 4 is 17.9 Å². The summed E-state index contributed by atoms with van der Waals surface area (Å²) in [6.07, 6.45) is 81.1. The Bertz CT molecular complexity index is 1340. The van der Waals surface area contributed by atoms with Crippen molar-refractivity contribution in [3.8, 4) is 0 Å². The van der Waals surface area contributed by atoms with Crippen LogP contribution < -0.4 is 0 Å². The van der Waals surface area contributed by atoms with Crippen molar-refractivity contribution in [2.45, 2.75) is 348 Å². The van der Waals surface area contributed by atoms with Crippen LogP contribution in [0.4, 0.5) is 0 Å². The minimum atomic E-state index is -0.773. The summed E-state index contributed by atoms with van der Waals surface area (Å²) in [4.78, 5) is 38.2. The monoisotopic (exact) mass is 1050 g/mol. The van der Waals surface area contributed by atoms with Crippen molar-refractivity contribution in [3.05, 3.63) is 60.8 Å². The van der Waals surface area contributed by atoms with Gasteiger partial charge in [0.2, 0.25) is 0 Å². The average Bonchev–Trinajstić information content (AvgIpc) is 3.41. The molecule has 0 aliphatic heterocycles. The van der Waals surface area contributed by atoms with E-state index in [2.05, 4.69) is 81.5 Å². The Morgan fingerprint density at radius 3 is 0.840 bits per heavy atom. The van der Waals surface area contributed by atoms with Gasteiger partial charge < -0.3 is 14.2 Å². The molecule has 1 atom stereocenters. The maximum absolute atomic E-state index is 12.8. The molecule has 0 aromatic rings. The van der Waals surface area contributed by atoms with Gasteiger partial charge in [-0.05, 0) is 83.5 Å². The lowest BCUT2D eigenvalue weighted by Gasteiger charge is -2.18. The van der Waals surface area contributed by atoms with Crippen molar-refractivity contribution < 1.29 is 28.6 Å². The number of rotatable bonds is 60. The molecule has 0 fully saturated rings. The van der Waals surface area contributed by atoms with E-state index in [4.69, 9.17) is 14.2 Å². The maximum Gasteiger partial charge on any atom is 0.306 e. The molecule has 0 amide bonds. The van der Waals surface area contributed by atoms with Crippen LogP contribution in [-0.2, 0) is 28.6 Å². The maximum atomic E-state index is 12.8. The van der Waals surface area contributed by atoms with Crippen LogP contribution in [0.1, 0.15) is 342 Å². The Balaban J connectivity index is 4.04. The Labute approximate surface area is 466 Å². The first-order chi connectivity index (χ1) is 37.0. The van der Waals surface area contributed by atoms with Crippen molar-refractivity contribution in [1.82, 2.24) is 0 Å². The molecule has 0 aromatic carbocycles. The van der Waals surface area contributed by atoms with E-state index in [9.17, 15) is 14.4 Å². The Hall–Kier alpha value is -2.89. The number of carbonyl (C=O) groups excluding carboxylic acids is 3. The van der Waals surface area contributed by atoms with Gasteiger partial charge in [0, 0.05) is 19.3 Å². The zero-order chi connectivity index (χ0) is 54.3. The normalized spacial score (nSPS) is 12.4. The summed E-state index contributed by atoms with van der Waals surface area (Å²) in [5.74, 6) is -0.862. The van der Waals surface area contributed by atoms with Crippen molar-refractivity contribution in [1.29, 1.82) is 0 Å². The van der Waals surface area contributed by atoms with Crippen LogP contribution >= 0.6 is 0 Å². The predicted molar refractivity (Wildman–Crippen MR) is 325 cm³/mol. The fourth-order valence-corrected chi connectivity index (χ4v) is 9.61. The first-order valence-corrected chi connectivity index (χ1v) is 32.8. The van der Waals surface area contributed by atoms with E-state index in [1.807, 2.05) is 0 Å². The molecule has 6 nitrogen and oxygen atoms in total. The number of allylic oxidation sites excluding steroid dienone is 10. The van der Waals surface area contributed by atoms with Crippen molar-refractivity contribution in [3.63, 3.8) is 0 Å². The number of carbonyl (C=O) groups is 3. The summed E-state index contributed by atoms with van der Waals surface area (Å²) >= 11 is 0. The summed E-state index contributed by atoms with van der Waals surface area (Å²) in [7, 11) is 0. The highest BCUT2D eigenvalue weighted by atomic mass is 16.6. The first kappa shape index (κ1) is 72.1. The van der Waals surface area contributed by atoms with Crippen LogP contribution in [0.3, 0.4) is 0 Å². The molecular weight excluding hydrogens is 925 g/mol. The number of ether oxygens (including phenoxy) is 3. The van der Waals surface area contributed by atoms with Gasteiger partial charge in [-0.3, -0.25) is 14.4 Å². The lowest BCUT2D eigenvalue weighted by molar-refractivity contribution is -0.167. The van der Waals surface area contributed by atoms with E-state index < -0.39 is 6.10 Å². The minimum absolute atomic E-state index is 0.0716. The van der Waals surface area contributed by atoms with Crippen LogP contribution in [-0.4, -0.2) is 37.2 Å². The minimum Gasteiger partial charge on any atom is -0.462 e. The highest BCUT2D eigenvalue weighted by Crippen LogP contribution is 2.17. The largest absolute Gasteiger partial charge is 0.462 e.